The molecule has 1 aromatic carbocycles. The van der Waals surface area contributed by atoms with Crippen LogP contribution >= 0.6 is 11.6 Å². The smallest absolute Gasteiger partial charge is 0.229 e. The maximum atomic E-state index is 12.3. The number of hydrogen-bond acceptors (Lipinski definition) is 2. The van der Waals surface area contributed by atoms with E-state index in [-0.39, 0.29) is 11.8 Å². The molecule has 3 atom stereocenters. The molecule has 0 saturated carbocycles. The Morgan fingerprint density at radius 1 is 1.44 bits per heavy atom. The van der Waals surface area contributed by atoms with Crippen LogP contribution in [0.25, 0.3) is 0 Å². The predicted molar refractivity (Wildman–Crippen MR) is 72.9 cm³/mol. The van der Waals surface area contributed by atoms with Gasteiger partial charge in [-0.05, 0) is 43.9 Å². The van der Waals surface area contributed by atoms with Crippen molar-refractivity contribution in [1.82, 2.24) is 5.32 Å². The Labute approximate surface area is 112 Å². The van der Waals surface area contributed by atoms with Gasteiger partial charge in [0.25, 0.3) is 0 Å². The van der Waals surface area contributed by atoms with Crippen molar-refractivity contribution in [1.29, 1.82) is 0 Å². The third-order valence-corrected chi connectivity index (χ3v) is 4.57. The SMILES string of the molecule is Cc1c(Cl)cccc1NC(=O)C1CC2CCC1N2. The van der Waals surface area contributed by atoms with E-state index in [9.17, 15) is 4.79 Å². The number of halogens is 1. The van der Waals surface area contributed by atoms with Crippen LogP contribution in [0.15, 0.2) is 18.2 Å². The van der Waals surface area contributed by atoms with Crippen LogP contribution in [0.3, 0.4) is 0 Å². The van der Waals surface area contributed by atoms with Crippen LogP contribution in [0.1, 0.15) is 24.8 Å². The number of nitrogens with one attached hydrogen (secondary N) is 2. The van der Waals surface area contributed by atoms with E-state index in [4.69, 9.17) is 11.6 Å². The first-order valence-corrected chi connectivity index (χ1v) is 6.85. The molecule has 0 aliphatic carbocycles. The molecular weight excluding hydrogens is 248 g/mol. The van der Waals surface area contributed by atoms with E-state index in [1.165, 1.54) is 6.42 Å². The van der Waals surface area contributed by atoms with Crippen LogP contribution in [0.4, 0.5) is 5.69 Å². The number of anilines is 1. The van der Waals surface area contributed by atoms with Crippen molar-refractivity contribution in [3.05, 3.63) is 28.8 Å². The van der Waals surface area contributed by atoms with Crippen LogP contribution in [0.2, 0.25) is 5.02 Å². The zero-order valence-corrected chi connectivity index (χ0v) is 11.1. The van der Waals surface area contributed by atoms with Gasteiger partial charge in [-0.15, -0.1) is 0 Å². The molecule has 3 unspecified atom stereocenters. The van der Waals surface area contributed by atoms with Crippen LogP contribution in [0, 0.1) is 12.8 Å². The van der Waals surface area contributed by atoms with E-state index >= 15 is 0 Å². The highest BCUT2D eigenvalue weighted by molar-refractivity contribution is 6.31. The van der Waals surface area contributed by atoms with E-state index in [1.807, 2.05) is 25.1 Å². The second-order valence-corrected chi connectivity index (χ2v) is 5.70. The predicted octanol–water partition coefficient (Wildman–Crippen LogP) is 2.73. The van der Waals surface area contributed by atoms with Crippen LogP contribution in [-0.2, 0) is 4.79 Å². The molecule has 2 N–H and O–H groups in total. The van der Waals surface area contributed by atoms with Gasteiger partial charge in [0.15, 0.2) is 0 Å². The summed E-state index contributed by atoms with van der Waals surface area (Å²) in [5.41, 5.74) is 1.76. The topological polar surface area (TPSA) is 41.1 Å². The van der Waals surface area contributed by atoms with E-state index in [1.54, 1.807) is 0 Å². The van der Waals surface area contributed by atoms with Crippen molar-refractivity contribution in [2.45, 2.75) is 38.3 Å². The van der Waals surface area contributed by atoms with Gasteiger partial charge in [-0.3, -0.25) is 4.79 Å². The van der Waals surface area contributed by atoms with Gasteiger partial charge in [0, 0.05) is 22.8 Å². The number of fused-ring (bicyclic) bond motifs is 2. The third-order valence-electron chi connectivity index (χ3n) is 4.16. The molecule has 2 aliphatic heterocycles. The van der Waals surface area contributed by atoms with Crippen molar-refractivity contribution in [2.24, 2.45) is 5.92 Å². The zero-order chi connectivity index (χ0) is 12.7. The largest absolute Gasteiger partial charge is 0.326 e. The average molecular weight is 265 g/mol. The third kappa shape index (κ3) is 2.02. The molecule has 2 aliphatic rings. The molecular formula is C14H17ClN2O. The van der Waals surface area contributed by atoms with Crippen molar-refractivity contribution in [2.75, 3.05) is 5.32 Å². The minimum atomic E-state index is 0.113. The highest BCUT2D eigenvalue weighted by Gasteiger charge is 2.42. The molecule has 3 rings (SSSR count). The van der Waals surface area contributed by atoms with Crippen molar-refractivity contribution < 1.29 is 4.79 Å². The van der Waals surface area contributed by atoms with Gasteiger partial charge in [-0.1, -0.05) is 17.7 Å². The summed E-state index contributed by atoms with van der Waals surface area (Å²) in [5.74, 6) is 0.238. The van der Waals surface area contributed by atoms with Crippen molar-refractivity contribution in [3.8, 4) is 0 Å². The quantitative estimate of drug-likeness (QED) is 0.862. The number of carbonyl (C=O) groups is 1. The summed E-state index contributed by atoms with van der Waals surface area (Å²) >= 11 is 6.06. The summed E-state index contributed by atoms with van der Waals surface area (Å²) in [6.07, 6.45) is 3.30. The normalized spacial score (nSPS) is 29.6. The molecule has 0 radical (unpaired) electrons. The van der Waals surface area contributed by atoms with E-state index < -0.39 is 0 Å². The minimum absolute atomic E-state index is 0.113. The lowest BCUT2D eigenvalue weighted by Crippen LogP contribution is -2.33. The molecule has 2 bridgehead atoms. The number of rotatable bonds is 2. The van der Waals surface area contributed by atoms with Gasteiger partial charge in [0.2, 0.25) is 5.91 Å². The van der Waals surface area contributed by atoms with Crippen molar-refractivity contribution in [3.63, 3.8) is 0 Å². The van der Waals surface area contributed by atoms with Gasteiger partial charge in [0.05, 0.1) is 5.92 Å². The fourth-order valence-corrected chi connectivity index (χ4v) is 3.26. The number of carbonyl (C=O) groups excluding carboxylic acids is 1. The van der Waals surface area contributed by atoms with E-state index in [0.717, 1.165) is 24.1 Å². The highest BCUT2D eigenvalue weighted by atomic mass is 35.5. The van der Waals surface area contributed by atoms with Gasteiger partial charge >= 0.3 is 0 Å². The van der Waals surface area contributed by atoms with Crippen molar-refractivity contribution >= 4 is 23.2 Å². The molecule has 18 heavy (non-hydrogen) atoms. The number of hydrogen-bond donors (Lipinski definition) is 2. The number of benzene rings is 1. The average Bonchev–Trinajstić information content (AvgIpc) is 2.97. The highest BCUT2D eigenvalue weighted by Crippen LogP contribution is 2.34. The molecule has 2 fully saturated rings. The Bertz CT molecular complexity index is 489. The van der Waals surface area contributed by atoms with Crippen LogP contribution < -0.4 is 10.6 Å². The lowest BCUT2D eigenvalue weighted by molar-refractivity contribution is -0.120. The summed E-state index contributed by atoms with van der Waals surface area (Å²) < 4.78 is 0. The summed E-state index contributed by atoms with van der Waals surface area (Å²) in [7, 11) is 0. The fraction of sp³-hybridized carbons (Fsp3) is 0.500. The van der Waals surface area contributed by atoms with Gasteiger partial charge < -0.3 is 10.6 Å². The fourth-order valence-electron chi connectivity index (χ4n) is 3.08. The first kappa shape index (κ1) is 12.0. The second-order valence-electron chi connectivity index (χ2n) is 5.29. The maximum absolute atomic E-state index is 12.3. The molecule has 0 aromatic heterocycles. The molecule has 2 saturated heterocycles. The van der Waals surface area contributed by atoms with Crippen LogP contribution in [0.5, 0.6) is 0 Å². The molecule has 4 heteroatoms. The molecule has 1 amide bonds. The lowest BCUT2D eigenvalue weighted by atomic mass is 9.88. The van der Waals surface area contributed by atoms with E-state index in [2.05, 4.69) is 10.6 Å². The Balaban J connectivity index is 1.73. The zero-order valence-electron chi connectivity index (χ0n) is 10.4. The summed E-state index contributed by atoms with van der Waals surface area (Å²) in [6, 6.07) is 6.52. The van der Waals surface area contributed by atoms with Gasteiger partial charge in [-0.2, -0.15) is 0 Å². The Morgan fingerprint density at radius 2 is 2.28 bits per heavy atom. The van der Waals surface area contributed by atoms with Gasteiger partial charge in [0.1, 0.15) is 0 Å². The number of amides is 1. The Hall–Kier alpha value is -1.06. The van der Waals surface area contributed by atoms with Gasteiger partial charge in [-0.25, -0.2) is 0 Å². The summed E-state index contributed by atoms with van der Waals surface area (Å²) in [4.78, 5) is 12.3. The lowest BCUT2D eigenvalue weighted by Gasteiger charge is -2.20. The molecule has 3 nitrogen and oxygen atoms in total. The second kappa shape index (κ2) is 4.56. The Kier molecular flexibility index (Phi) is 3.04. The maximum Gasteiger partial charge on any atom is 0.229 e. The minimum Gasteiger partial charge on any atom is -0.326 e. The first-order chi connectivity index (χ1) is 8.65. The Morgan fingerprint density at radius 3 is 2.94 bits per heavy atom. The standard InChI is InChI=1S/C14H17ClN2O/c1-8-11(15)3-2-4-12(8)17-14(18)10-7-9-5-6-13(10)16-9/h2-4,9-10,13,16H,5-7H2,1H3,(H,17,18). The summed E-state index contributed by atoms with van der Waals surface area (Å²) in [6.45, 7) is 1.93. The molecule has 1 aromatic rings. The molecule has 2 heterocycles. The monoisotopic (exact) mass is 264 g/mol. The first-order valence-electron chi connectivity index (χ1n) is 6.47. The molecule has 96 valence electrons. The molecule has 0 spiro atoms. The van der Waals surface area contributed by atoms with Crippen LogP contribution in [-0.4, -0.2) is 18.0 Å². The summed E-state index contributed by atoms with van der Waals surface area (Å²) in [5, 5.41) is 7.19. The van der Waals surface area contributed by atoms with E-state index in [0.29, 0.717) is 17.1 Å².